The van der Waals surface area contributed by atoms with Crippen LogP contribution in [0.3, 0.4) is 0 Å². The Hall–Kier alpha value is -1.68. The van der Waals surface area contributed by atoms with Crippen LogP contribution in [0.4, 0.5) is 0 Å². The van der Waals surface area contributed by atoms with Gasteiger partial charge in [-0.05, 0) is 24.5 Å². The van der Waals surface area contributed by atoms with E-state index in [4.69, 9.17) is 10.3 Å². The van der Waals surface area contributed by atoms with Crippen molar-refractivity contribution in [3.63, 3.8) is 0 Å². The lowest BCUT2D eigenvalue weighted by atomic mass is 10.1. The van der Waals surface area contributed by atoms with Crippen molar-refractivity contribution in [3.05, 3.63) is 47.1 Å². The van der Waals surface area contributed by atoms with E-state index < -0.39 is 0 Å². The molecule has 0 saturated heterocycles. The Labute approximate surface area is 101 Å². The molecule has 0 aliphatic rings. The molecule has 1 aromatic heterocycles. The minimum Gasteiger partial charge on any atom is -0.338 e. The summed E-state index contributed by atoms with van der Waals surface area (Å²) in [5.41, 5.74) is 8.28. The predicted octanol–water partition coefficient (Wildman–Crippen LogP) is 2.38. The number of rotatable bonds is 4. The third kappa shape index (κ3) is 2.71. The number of aromatic nitrogens is 2. The van der Waals surface area contributed by atoms with Crippen LogP contribution in [0, 0.1) is 6.92 Å². The Balaban J connectivity index is 2.14. The highest BCUT2D eigenvalue weighted by Gasteiger charge is 2.13. The average Bonchev–Trinajstić information content (AvgIpc) is 2.80. The van der Waals surface area contributed by atoms with Crippen LogP contribution in [0.25, 0.3) is 0 Å². The quantitative estimate of drug-likeness (QED) is 0.877. The van der Waals surface area contributed by atoms with Gasteiger partial charge in [0, 0.05) is 6.42 Å². The van der Waals surface area contributed by atoms with Crippen molar-refractivity contribution in [1.29, 1.82) is 0 Å². The predicted molar refractivity (Wildman–Crippen MR) is 65.5 cm³/mol. The van der Waals surface area contributed by atoms with E-state index in [9.17, 15) is 0 Å². The highest BCUT2D eigenvalue weighted by atomic mass is 16.5. The lowest BCUT2D eigenvalue weighted by Crippen LogP contribution is -2.09. The molecule has 0 saturated carbocycles. The Morgan fingerprint density at radius 1 is 1.35 bits per heavy atom. The summed E-state index contributed by atoms with van der Waals surface area (Å²) in [6, 6.07) is 8.03. The van der Waals surface area contributed by atoms with Gasteiger partial charge in [0.05, 0.1) is 6.04 Å². The summed E-state index contributed by atoms with van der Waals surface area (Å²) in [6.07, 6.45) is 1.48. The van der Waals surface area contributed by atoms with Gasteiger partial charge in [-0.2, -0.15) is 4.98 Å². The first kappa shape index (κ1) is 11.8. The normalized spacial score (nSPS) is 12.6. The molecule has 2 N–H and O–H groups in total. The van der Waals surface area contributed by atoms with E-state index in [1.807, 2.05) is 19.1 Å². The first-order valence-electron chi connectivity index (χ1n) is 5.83. The van der Waals surface area contributed by atoms with Gasteiger partial charge in [0.25, 0.3) is 0 Å². The Morgan fingerprint density at radius 2 is 2.12 bits per heavy atom. The second-order valence-electron chi connectivity index (χ2n) is 4.17. The van der Waals surface area contributed by atoms with E-state index in [1.54, 1.807) is 0 Å². The lowest BCUT2D eigenvalue weighted by molar-refractivity contribution is 0.348. The minimum atomic E-state index is -0.159. The summed E-state index contributed by atoms with van der Waals surface area (Å²) >= 11 is 0. The second kappa shape index (κ2) is 5.10. The molecule has 0 spiro atoms. The van der Waals surface area contributed by atoms with Crippen LogP contribution in [-0.2, 0) is 6.42 Å². The maximum absolute atomic E-state index is 5.83. The van der Waals surface area contributed by atoms with Crippen LogP contribution in [0.5, 0.6) is 0 Å². The van der Waals surface area contributed by atoms with Crippen LogP contribution < -0.4 is 5.73 Å². The molecule has 1 atom stereocenters. The summed E-state index contributed by atoms with van der Waals surface area (Å²) in [5, 5.41) is 3.96. The topological polar surface area (TPSA) is 64.9 Å². The van der Waals surface area contributed by atoms with Crippen molar-refractivity contribution in [1.82, 2.24) is 10.1 Å². The molecule has 0 aliphatic carbocycles. The number of hydrogen-bond donors (Lipinski definition) is 1. The molecule has 0 amide bonds. The lowest BCUT2D eigenvalue weighted by Gasteiger charge is -2.01. The highest BCUT2D eigenvalue weighted by molar-refractivity contribution is 5.27. The first-order chi connectivity index (χ1) is 8.20. The number of hydrogen-bond acceptors (Lipinski definition) is 4. The average molecular weight is 231 g/mol. The number of nitrogens with two attached hydrogens (primary N) is 1. The van der Waals surface area contributed by atoms with Crippen molar-refractivity contribution in [2.45, 2.75) is 32.7 Å². The van der Waals surface area contributed by atoms with Crippen molar-refractivity contribution in [3.8, 4) is 0 Å². The standard InChI is InChI=1S/C13H17N3O/c1-3-11(14)13-15-12(16-17-13)8-10-7-5-4-6-9(10)2/h4-7,11H,3,8,14H2,1-2H3. The van der Waals surface area contributed by atoms with Gasteiger partial charge in [-0.1, -0.05) is 36.3 Å². The smallest absolute Gasteiger partial charge is 0.243 e. The van der Waals surface area contributed by atoms with Crippen molar-refractivity contribution >= 4 is 0 Å². The Kier molecular flexibility index (Phi) is 3.54. The van der Waals surface area contributed by atoms with Crippen molar-refractivity contribution < 1.29 is 4.52 Å². The molecule has 1 unspecified atom stereocenters. The van der Waals surface area contributed by atoms with E-state index in [2.05, 4.69) is 29.2 Å². The summed E-state index contributed by atoms with van der Waals surface area (Å²) in [4.78, 5) is 4.31. The van der Waals surface area contributed by atoms with Gasteiger partial charge < -0.3 is 10.3 Å². The molecule has 0 aliphatic heterocycles. The fourth-order valence-electron chi connectivity index (χ4n) is 1.64. The molecular weight excluding hydrogens is 214 g/mol. The maximum atomic E-state index is 5.83. The van der Waals surface area contributed by atoms with Gasteiger partial charge in [0.1, 0.15) is 0 Å². The molecule has 2 aromatic rings. The van der Waals surface area contributed by atoms with Crippen molar-refractivity contribution in [2.24, 2.45) is 5.73 Å². The number of aryl methyl sites for hydroxylation is 1. The highest BCUT2D eigenvalue weighted by Crippen LogP contribution is 2.14. The van der Waals surface area contributed by atoms with Crippen LogP contribution in [0.15, 0.2) is 28.8 Å². The monoisotopic (exact) mass is 231 g/mol. The Bertz CT molecular complexity index is 493. The molecular formula is C13H17N3O. The minimum absolute atomic E-state index is 0.159. The third-order valence-electron chi connectivity index (χ3n) is 2.85. The number of benzene rings is 1. The second-order valence-corrected chi connectivity index (χ2v) is 4.17. The molecule has 1 aromatic carbocycles. The van der Waals surface area contributed by atoms with Crippen LogP contribution in [0.2, 0.25) is 0 Å². The molecule has 17 heavy (non-hydrogen) atoms. The van der Waals surface area contributed by atoms with Gasteiger partial charge in [0.2, 0.25) is 5.89 Å². The summed E-state index contributed by atoms with van der Waals surface area (Å²) in [6.45, 7) is 4.07. The van der Waals surface area contributed by atoms with Crippen LogP contribution >= 0.6 is 0 Å². The van der Waals surface area contributed by atoms with Gasteiger partial charge in [-0.3, -0.25) is 0 Å². The molecule has 0 bridgehead atoms. The summed E-state index contributed by atoms with van der Waals surface area (Å²) < 4.78 is 5.14. The molecule has 2 rings (SSSR count). The van der Waals surface area contributed by atoms with E-state index >= 15 is 0 Å². The number of nitrogens with zero attached hydrogens (tertiary/aromatic N) is 2. The largest absolute Gasteiger partial charge is 0.338 e. The third-order valence-corrected chi connectivity index (χ3v) is 2.85. The van der Waals surface area contributed by atoms with Crippen LogP contribution in [0.1, 0.15) is 42.2 Å². The zero-order chi connectivity index (χ0) is 12.3. The SMILES string of the molecule is CCC(N)c1nc(Cc2ccccc2C)no1. The van der Waals surface area contributed by atoms with Gasteiger partial charge >= 0.3 is 0 Å². The summed E-state index contributed by atoms with van der Waals surface area (Å²) in [7, 11) is 0. The molecule has 90 valence electrons. The van der Waals surface area contributed by atoms with Crippen molar-refractivity contribution in [2.75, 3.05) is 0 Å². The zero-order valence-corrected chi connectivity index (χ0v) is 10.2. The fraction of sp³-hybridized carbons (Fsp3) is 0.385. The van der Waals surface area contributed by atoms with Gasteiger partial charge in [-0.25, -0.2) is 0 Å². The van der Waals surface area contributed by atoms with E-state index in [-0.39, 0.29) is 6.04 Å². The van der Waals surface area contributed by atoms with Gasteiger partial charge in [-0.15, -0.1) is 0 Å². The molecule has 4 nitrogen and oxygen atoms in total. The van der Waals surface area contributed by atoms with E-state index in [0.717, 1.165) is 6.42 Å². The summed E-state index contributed by atoms with van der Waals surface area (Å²) in [5.74, 6) is 1.22. The maximum Gasteiger partial charge on any atom is 0.243 e. The van der Waals surface area contributed by atoms with E-state index in [1.165, 1.54) is 11.1 Å². The van der Waals surface area contributed by atoms with E-state index in [0.29, 0.717) is 18.1 Å². The fourth-order valence-corrected chi connectivity index (χ4v) is 1.64. The molecule has 0 radical (unpaired) electrons. The Morgan fingerprint density at radius 3 is 2.82 bits per heavy atom. The van der Waals surface area contributed by atoms with Crippen LogP contribution in [-0.4, -0.2) is 10.1 Å². The zero-order valence-electron chi connectivity index (χ0n) is 10.2. The molecule has 1 heterocycles. The first-order valence-corrected chi connectivity index (χ1v) is 5.83. The molecule has 4 heteroatoms. The van der Waals surface area contributed by atoms with Gasteiger partial charge in [0.15, 0.2) is 5.82 Å². The molecule has 0 fully saturated rings.